The Bertz CT molecular complexity index is 822. The second kappa shape index (κ2) is 9.59. The lowest BCUT2D eigenvalue weighted by molar-refractivity contribution is 0.405. The van der Waals surface area contributed by atoms with Crippen LogP contribution >= 0.6 is 0 Å². The van der Waals surface area contributed by atoms with Gasteiger partial charge < -0.3 is 15.5 Å². The molecule has 3 aromatic heterocycles. The lowest BCUT2D eigenvalue weighted by Gasteiger charge is -2.12. The molecular weight excluding hydrogens is 338 g/mol. The van der Waals surface area contributed by atoms with Crippen molar-refractivity contribution in [2.24, 2.45) is 0 Å². The van der Waals surface area contributed by atoms with Crippen LogP contribution in [0, 0.1) is 0 Å². The molecule has 7 heteroatoms. The van der Waals surface area contributed by atoms with Crippen LogP contribution in [0.3, 0.4) is 0 Å². The van der Waals surface area contributed by atoms with Gasteiger partial charge in [-0.1, -0.05) is 6.07 Å². The van der Waals surface area contributed by atoms with Gasteiger partial charge in [0, 0.05) is 36.8 Å². The quantitative estimate of drug-likeness (QED) is 0.566. The fourth-order valence-electron chi connectivity index (χ4n) is 2.57. The lowest BCUT2D eigenvalue weighted by Crippen LogP contribution is -2.17. The molecule has 3 aromatic rings. The molecule has 0 unspecified atom stereocenters. The highest BCUT2D eigenvalue weighted by Gasteiger charge is 2.07. The summed E-state index contributed by atoms with van der Waals surface area (Å²) >= 11 is 0. The molecule has 0 atom stereocenters. The number of nitrogens with one attached hydrogen (secondary N) is 2. The molecule has 140 valence electrons. The maximum Gasteiger partial charge on any atom is 0.225 e. The molecule has 0 aliphatic heterocycles. The monoisotopic (exact) mass is 363 g/mol. The van der Waals surface area contributed by atoms with E-state index in [-0.39, 0.29) is 0 Å². The third-order valence-corrected chi connectivity index (χ3v) is 3.94. The summed E-state index contributed by atoms with van der Waals surface area (Å²) in [5, 5.41) is 6.67. The first-order valence-electron chi connectivity index (χ1n) is 9.02. The van der Waals surface area contributed by atoms with E-state index in [2.05, 4.69) is 49.6 Å². The molecule has 0 saturated carbocycles. The summed E-state index contributed by atoms with van der Waals surface area (Å²) in [4.78, 5) is 19.8. The SMILES string of the molecule is CN(C)CCCNc1nc(NCc2ccccn2)cc(-c2ccncc2)n1. The van der Waals surface area contributed by atoms with Gasteiger partial charge in [0.15, 0.2) is 0 Å². The normalized spacial score (nSPS) is 10.8. The summed E-state index contributed by atoms with van der Waals surface area (Å²) in [7, 11) is 4.14. The molecule has 0 fully saturated rings. The van der Waals surface area contributed by atoms with Crippen molar-refractivity contribution in [3.63, 3.8) is 0 Å². The van der Waals surface area contributed by atoms with Crippen molar-refractivity contribution in [1.29, 1.82) is 0 Å². The molecule has 0 aliphatic rings. The van der Waals surface area contributed by atoms with Gasteiger partial charge in [-0.05, 0) is 51.3 Å². The number of rotatable bonds is 9. The summed E-state index contributed by atoms with van der Waals surface area (Å²) < 4.78 is 0. The molecule has 0 saturated heterocycles. The van der Waals surface area contributed by atoms with Gasteiger partial charge in [0.25, 0.3) is 0 Å². The van der Waals surface area contributed by atoms with Gasteiger partial charge in [-0.25, -0.2) is 4.98 Å². The Kier molecular flexibility index (Phi) is 6.65. The molecule has 3 heterocycles. The Labute approximate surface area is 159 Å². The van der Waals surface area contributed by atoms with Crippen LogP contribution in [0.15, 0.2) is 55.0 Å². The third-order valence-electron chi connectivity index (χ3n) is 3.94. The van der Waals surface area contributed by atoms with Crippen LogP contribution in [0.2, 0.25) is 0 Å². The van der Waals surface area contributed by atoms with E-state index in [9.17, 15) is 0 Å². The van der Waals surface area contributed by atoms with E-state index >= 15 is 0 Å². The molecule has 0 aromatic carbocycles. The minimum absolute atomic E-state index is 0.605. The van der Waals surface area contributed by atoms with E-state index in [1.54, 1.807) is 18.6 Å². The summed E-state index contributed by atoms with van der Waals surface area (Å²) in [5.41, 5.74) is 2.82. The van der Waals surface area contributed by atoms with Crippen LogP contribution in [-0.2, 0) is 6.54 Å². The number of pyridine rings is 2. The first-order valence-corrected chi connectivity index (χ1v) is 9.02. The Morgan fingerprint density at radius 2 is 1.81 bits per heavy atom. The molecule has 27 heavy (non-hydrogen) atoms. The standard InChI is InChI=1S/C20H25N7/c1-27(2)13-5-10-23-20-25-18(16-7-11-21-12-8-16)14-19(26-20)24-15-17-6-3-4-9-22-17/h3-4,6-9,11-12,14H,5,10,13,15H2,1-2H3,(H2,23,24,25,26). The van der Waals surface area contributed by atoms with Crippen molar-refractivity contribution >= 4 is 11.8 Å². The molecule has 0 radical (unpaired) electrons. The second-order valence-electron chi connectivity index (χ2n) is 6.46. The van der Waals surface area contributed by atoms with Crippen molar-refractivity contribution in [2.45, 2.75) is 13.0 Å². The molecule has 0 amide bonds. The van der Waals surface area contributed by atoms with Crippen LogP contribution in [-0.4, -0.2) is 52.0 Å². The van der Waals surface area contributed by atoms with Gasteiger partial charge in [0.1, 0.15) is 5.82 Å². The largest absolute Gasteiger partial charge is 0.364 e. The number of aromatic nitrogens is 4. The zero-order valence-corrected chi connectivity index (χ0v) is 15.8. The summed E-state index contributed by atoms with van der Waals surface area (Å²) in [5.74, 6) is 1.38. The molecule has 0 spiro atoms. The zero-order valence-electron chi connectivity index (χ0n) is 15.8. The van der Waals surface area contributed by atoms with E-state index in [4.69, 9.17) is 0 Å². The molecule has 2 N–H and O–H groups in total. The van der Waals surface area contributed by atoms with Crippen LogP contribution in [0.1, 0.15) is 12.1 Å². The number of hydrogen-bond acceptors (Lipinski definition) is 7. The average Bonchev–Trinajstić information content (AvgIpc) is 2.71. The smallest absolute Gasteiger partial charge is 0.225 e. The van der Waals surface area contributed by atoms with Crippen LogP contribution in [0.25, 0.3) is 11.3 Å². The number of anilines is 2. The minimum atomic E-state index is 0.605. The van der Waals surface area contributed by atoms with Crippen molar-refractivity contribution in [2.75, 3.05) is 37.8 Å². The van der Waals surface area contributed by atoms with Crippen molar-refractivity contribution in [3.8, 4) is 11.3 Å². The average molecular weight is 363 g/mol. The minimum Gasteiger partial charge on any atom is -0.364 e. The van der Waals surface area contributed by atoms with Gasteiger partial charge in [-0.2, -0.15) is 4.98 Å². The fourth-order valence-corrected chi connectivity index (χ4v) is 2.57. The van der Waals surface area contributed by atoms with E-state index in [0.717, 1.165) is 42.3 Å². The highest BCUT2D eigenvalue weighted by molar-refractivity contribution is 5.63. The Balaban J connectivity index is 1.75. The molecule has 7 nitrogen and oxygen atoms in total. The summed E-state index contributed by atoms with van der Waals surface area (Å²) in [6.45, 7) is 2.44. The molecule has 0 aliphatic carbocycles. The Morgan fingerprint density at radius 3 is 2.56 bits per heavy atom. The van der Waals surface area contributed by atoms with E-state index in [0.29, 0.717) is 12.5 Å². The first kappa shape index (κ1) is 18.7. The van der Waals surface area contributed by atoms with Gasteiger partial charge >= 0.3 is 0 Å². The highest BCUT2D eigenvalue weighted by atomic mass is 15.1. The first-order chi connectivity index (χ1) is 13.2. The van der Waals surface area contributed by atoms with E-state index in [1.807, 2.05) is 36.4 Å². The van der Waals surface area contributed by atoms with Gasteiger partial charge in [0.05, 0.1) is 17.9 Å². The number of nitrogens with zero attached hydrogens (tertiary/aromatic N) is 5. The van der Waals surface area contributed by atoms with E-state index < -0.39 is 0 Å². The topological polar surface area (TPSA) is 78.9 Å². The van der Waals surface area contributed by atoms with Crippen LogP contribution < -0.4 is 10.6 Å². The van der Waals surface area contributed by atoms with Crippen molar-refractivity contribution < 1.29 is 0 Å². The predicted octanol–water partition coefficient (Wildman–Crippen LogP) is 2.91. The summed E-state index contributed by atoms with van der Waals surface area (Å²) in [6, 6.07) is 11.7. The van der Waals surface area contributed by atoms with Gasteiger partial charge in [-0.3, -0.25) is 9.97 Å². The fraction of sp³-hybridized carbons (Fsp3) is 0.300. The highest BCUT2D eigenvalue weighted by Crippen LogP contribution is 2.21. The van der Waals surface area contributed by atoms with Crippen LogP contribution in [0.4, 0.5) is 11.8 Å². The van der Waals surface area contributed by atoms with Crippen LogP contribution in [0.5, 0.6) is 0 Å². The number of hydrogen-bond donors (Lipinski definition) is 2. The van der Waals surface area contributed by atoms with Crippen molar-refractivity contribution in [1.82, 2.24) is 24.8 Å². The zero-order chi connectivity index (χ0) is 18.9. The molecular formula is C20H25N7. The van der Waals surface area contributed by atoms with E-state index in [1.165, 1.54) is 0 Å². The molecule has 0 bridgehead atoms. The Hall–Kier alpha value is -3.06. The summed E-state index contributed by atoms with van der Waals surface area (Å²) in [6.07, 6.45) is 6.34. The second-order valence-corrected chi connectivity index (χ2v) is 6.46. The lowest BCUT2D eigenvalue weighted by atomic mass is 10.2. The Morgan fingerprint density at radius 1 is 0.963 bits per heavy atom. The third kappa shape index (κ3) is 6.00. The van der Waals surface area contributed by atoms with Crippen molar-refractivity contribution in [3.05, 3.63) is 60.7 Å². The molecule has 3 rings (SSSR count). The van der Waals surface area contributed by atoms with Gasteiger partial charge in [0.2, 0.25) is 5.95 Å². The maximum absolute atomic E-state index is 4.66. The predicted molar refractivity (Wildman–Crippen MR) is 108 cm³/mol. The maximum atomic E-state index is 4.66. The van der Waals surface area contributed by atoms with Gasteiger partial charge in [-0.15, -0.1) is 0 Å².